The summed E-state index contributed by atoms with van der Waals surface area (Å²) >= 11 is 1.87. The molecule has 1 aromatic carbocycles. The summed E-state index contributed by atoms with van der Waals surface area (Å²) in [5.41, 5.74) is 7.19. The maximum absolute atomic E-state index is 5.95. The lowest BCUT2D eigenvalue weighted by Crippen LogP contribution is -2.10. The van der Waals surface area contributed by atoms with Crippen LogP contribution in [0, 0.1) is 0 Å². The number of ether oxygens (including phenoxy) is 1. The molecule has 0 aromatic heterocycles. The molecule has 1 fully saturated rings. The van der Waals surface area contributed by atoms with Crippen molar-refractivity contribution in [3.63, 3.8) is 0 Å². The molecule has 2 N–H and O–H groups in total. The van der Waals surface area contributed by atoms with Crippen molar-refractivity contribution >= 4 is 11.8 Å². The van der Waals surface area contributed by atoms with Crippen LogP contribution in [0.25, 0.3) is 0 Å². The molecule has 1 aromatic rings. The van der Waals surface area contributed by atoms with Crippen molar-refractivity contribution in [2.45, 2.75) is 36.8 Å². The highest BCUT2D eigenvalue weighted by molar-refractivity contribution is 7.99. The smallest absolute Gasteiger partial charge is 0.0669 e. The summed E-state index contributed by atoms with van der Waals surface area (Å²) in [5, 5.41) is 0. The van der Waals surface area contributed by atoms with Gasteiger partial charge in [0, 0.05) is 23.3 Å². The monoisotopic (exact) mass is 237 g/mol. The van der Waals surface area contributed by atoms with E-state index in [2.05, 4.69) is 24.3 Å². The molecular formula is C13H19NOS. The molecule has 2 atom stereocenters. The first kappa shape index (κ1) is 12.0. The van der Waals surface area contributed by atoms with E-state index in [1.165, 1.54) is 23.3 Å². The van der Waals surface area contributed by atoms with Gasteiger partial charge in [0.2, 0.25) is 0 Å². The summed E-state index contributed by atoms with van der Waals surface area (Å²) < 4.78 is 5.62. The summed E-state index contributed by atoms with van der Waals surface area (Å²) in [6, 6.07) is 8.49. The average Bonchev–Trinajstić information content (AvgIpc) is 2.79. The maximum Gasteiger partial charge on any atom is 0.0669 e. The lowest BCUT2D eigenvalue weighted by molar-refractivity contribution is 0.129. The minimum atomic E-state index is 0.105. The first-order chi connectivity index (χ1) is 7.77. The van der Waals surface area contributed by atoms with E-state index in [0.717, 1.165) is 12.4 Å². The van der Waals surface area contributed by atoms with E-state index in [1.54, 1.807) is 0 Å². The molecule has 0 bridgehead atoms. The van der Waals surface area contributed by atoms with Crippen LogP contribution in [-0.4, -0.2) is 18.5 Å². The van der Waals surface area contributed by atoms with Crippen molar-refractivity contribution in [3.8, 4) is 0 Å². The Morgan fingerprint density at radius 2 is 2.31 bits per heavy atom. The number of rotatable bonds is 4. The number of hydrogen-bond acceptors (Lipinski definition) is 3. The van der Waals surface area contributed by atoms with Gasteiger partial charge in [-0.25, -0.2) is 0 Å². The molecule has 0 radical (unpaired) electrons. The second kappa shape index (κ2) is 5.71. The van der Waals surface area contributed by atoms with Gasteiger partial charge in [0.25, 0.3) is 0 Å². The maximum atomic E-state index is 5.95. The van der Waals surface area contributed by atoms with E-state index in [1.807, 2.05) is 18.7 Å². The number of benzene rings is 1. The summed E-state index contributed by atoms with van der Waals surface area (Å²) in [6.45, 7) is 2.96. The molecule has 0 amide bonds. The molecule has 2 rings (SSSR count). The van der Waals surface area contributed by atoms with Gasteiger partial charge in [0.15, 0.2) is 0 Å². The second-order valence-electron chi connectivity index (χ2n) is 4.27. The fourth-order valence-corrected chi connectivity index (χ4v) is 3.17. The number of nitrogens with two attached hydrogens (primary N) is 1. The van der Waals surface area contributed by atoms with E-state index in [-0.39, 0.29) is 6.04 Å². The van der Waals surface area contributed by atoms with Crippen molar-refractivity contribution in [1.82, 2.24) is 0 Å². The summed E-state index contributed by atoms with van der Waals surface area (Å²) in [4.78, 5) is 1.30. The topological polar surface area (TPSA) is 35.2 Å². The lowest BCUT2D eigenvalue weighted by atomic mass is 10.1. The van der Waals surface area contributed by atoms with E-state index in [9.17, 15) is 0 Å². The third-order valence-electron chi connectivity index (χ3n) is 2.86. The van der Waals surface area contributed by atoms with Crippen molar-refractivity contribution in [2.24, 2.45) is 5.73 Å². The van der Waals surface area contributed by atoms with Crippen molar-refractivity contribution in [2.75, 3.05) is 12.4 Å². The van der Waals surface area contributed by atoms with Gasteiger partial charge < -0.3 is 10.5 Å². The predicted molar refractivity (Wildman–Crippen MR) is 68.7 cm³/mol. The summed E-state index contributed by atoms with van der Waals surface area (Å²) in [6.07, 6.45) is 2.85. The zero-order chi connectivity index (χ0) is 11.4. The van der Waals surface area contributed by atoms with Crippen LogP contribution >= 0.6 is 11.8 Å². The van der Waals surface area contributed by atoms with Gasteiger partial charge in [0.05, 0.1) is 6.10 Å². The molecule has 16 heavy (non-hydrogen) atoms. The normalized spacial score (nSPS) is 22.2. The van der Waals surface area contributed by atoms with Crippen molar-refractivity contribution in [3.05, 3.63) is 29.8 Å². The fourth-order valence-electron chi connectivity index (χ4n) is 1.95. The highest BCUT2D eigenvalue weighted by Gasteiger charge is 2.16. The standard InChI is InChI=1S/C13H19NOS/c1-10(14)12-6-2-3-7-13(12)16-9-11-5-4-8-15-11/h2-3,6-7,10-11H,4-5,8-9,14H2,1H3/t10-,11?/m0/s1. The highest BCUT2D eigenvalue weighted by atomic mass is 32.2. The Hall–Kier alpha value is -0.510. The fraction of sp³-hybridized carbons (Fsp3) is 0.538. The van der Waals surface area contributed by atoms with Crippen LogP contribution in [0.2, 0.25) is 0 Å². The third kappa shape index (κ3) is 3.00. The zero-order valence-electron chi connectivity index (χ0n) is 9.69. The lowest BCUT2D eigenvalue weighted by Gasteiger charge is -2.14. The largest absolute Gasteiger partial charge is 0.377 e. The molecule has 0 saturated carbocycles. The molecule has 3 heteroatoms. The van der Waals surface area contributed by atoms with Crippen molar-refractivity contribution in [1.29, 1.82) is 0 Å². The first-order valence-electron chi connectivity index (χ1n) is 5.86. The molecule has 0 spiro atoms. The Bertz CT molecular complexity index is 334. The van der Waals surface area contributed by atoms with Gasteiger partial charge in [0.1, 0.15) is 0 Å². The molecule has 88 valence electrons. The minimum absolute atomic E-state index is 0.105. The predicted octanol–water partition coefficient (Wildman–Crippen LogP) is 2.98. The zero-order valence-corrected chi connectivity index (χ0v) is 10.5. The molecule has 1 unspecified atom stereocenters. The van der Waals surface area contributed by atoms with E-state index < -0.39 is 0 Å². The van der Waals surface area contributed by atoms with Gasteiger partial charge in [-0.05, 0) is 31.4 Å². The van der Waals surface area contributed by atoms with Crippen LogP contribution in [0.1, 0.15) is 31.4 Å². The van der Waals surface area contributed by atoms with Gasteiger partial charge >= 0.3 is 0 Å². The second-order valence-corrected chi connectivity index (χ2v) is 5.33. The SMILES string of the molecule is C[C@H](N)c1ccccc1SCC1CCCO1. The van der Waals surface area contributed by atoms with Crippen LogP contribution in [-0.2, 0) is 4.74 Å². The van der Waals surface area contributed by atoms with Crippen LogP contribution in [0.5, 0.6) is 0 Å². The Labute approximate surface area is 102 Å². The Kier molecular flexibility index (Phi) is 4.27. The highest BCUT2D eigenvalue weighted by Crippen LogP contribution is 2.29. The Morgan fingerprint density at radius 1 is 1.50 bits per heavy atom. The molecule has 1 aliphatic rings. The Balaban J connectivity index is 1.97. The quantitative estimate of drug-likeness (QED) is 0.818. The summed E-state index contributed by atoms with van der Waals surface area (Å²) in [5.74, 6) is 1.05. The third-order valence-corrected chi connectivity index (χ3v) is 4.08. The van der Waals surface area contributed by atoms with Gasteiger partial charge in [-0.3, -0.25) is 0 Å². The first-order valence-corrected chi connectivity index (χ1v) is 6.85. The van der Waals surface area contributed by atoms with Gasteiger partial charge in [-0.1, -0.05) is 18.2 Å². The van der Waals surface area contributed by atoms with Gasteiger partial charge in [-0.15, -0.1) is 11.8 Å². The Morgan fingerprint density at radius 3 is 3.00 bits per heavy atom. The van der Waals surface area contributed by atoms with E-state index in [4.69, 9.17) is 10.5 Å². The van der Waals surface area contributed by atoms with Crippen molar-refractivity contribution < 1.29 is 4.74 Å². The minimum Gasteiger partial charge on any atom is -0.377 e. The van der Waals surface area contributed by atoms with E-state index >= 15 is 0 Å². The van der Waals surface area contributed by atoms with Crippen LogP contribution in [0.4, 0.5) is 0 Å². The molecule has 1 saturated heterocycles. The molecule has 2 nitrogen and oxygen atoms in total. The molecule has 1 heterocycles. The van der Waals surface area contributed by atoms with Gasteiger partial charge in [-0.2, -0.15) is 0 Å². The number of thioether (sulfide) groups is 1. The van der Waals surface area contributed by atoms with Crippen LogP contribution < -0.4 is 5.73 Å². The molecule has 1 aliphatic heterocycles. The molecular weight excluding hydrogens is 218 g/mol. The summed E-state index contributed by atoms with van der Waals surface area (Å²) in [7, 11) is 0. The number of hydrogen-bond donors (Lipinski definition) is 1. The van der Waals surface area contributed by atoms with Crippen LogP contribution in [0.15, 0.2) is 29.2 Å². The molecule has 0 aliphatic carbocycles. The average molecular weight is 237 g/mol. The van der Waals surface area contributed by atoms with E-state index in [0.29, 0.717) is 6.10 Å². The van der Waals surface area contributed by atoms with Crippen LogP contribution in [0.3, 0.4) is 0 Å².